The summed E-state index contributed by atoms with van der Waals surface area (Å²) >= 11 is 0. The van der Waals surface area contributed by atoms with Gasteiger partial charge < -0.3 is 10.1 Å². The standard InChI is InChI=1S/C12H13NO2/c1-2-15-12(14)10-5-6-11-9(8-10)4-3-7-13-11/h3,5-8,13H,2,4H2,1H3. The van der Waals surface area contributed by atoms with Crippen LogP contribution in [0.2, 0.25) is 0 Å². The minimum Gasteiger partial charge on any atom is -0.462 e. The lowest BCUT2D eigenvalue weighted by molar-refractivity contribution is 0.0526. The van der Waals surface area contributed by atoms with E-state index < -0.39 is 0 Å². The Morgan fingerprint density at radius 2 is 2.40 bits per heavy atom. The average Bonchev–Trinajstić information content (AvgIpc) is 2.29. The Labute approximate surface area is 88.8 Å². The fraction of sp³-hybridized carbons (Fsp3) is 0.250. The van der Waals surface area contributed by atoms with E-state index in [1.807, 2.05) is 24.4 Å². The van der Waals surface area contributed by atoms with E-state index >= 15 is 0 Å². The summed E-state index contributed by atoms with van der Waals surface area (Å²) in [6.45, 7) is 2.22. The number of ether oxygens (including phenoxy) is 1. The Morgan fingerprint density at radius 3 is 3.20 bits per heavy atom. The lowest BCUT2D eigenvalue weighted by Crippen LogP contribution is -2.07. The van der Waals surface area contributed by atoms with E-state index in [1.165, 1.54) is 0 Å². The predicted octanol–water partition coefficient (Wildman–Crippen LogP) is 2.34. The predicted molar refractivity (Wildman–Crippen MR) is 58.9 cm³/mol. The van der Waals surface area contributed by atoms with Gasteiger partial charge in [0.15, 0.2) is 0 Å². The highest BCUT2D eigenvalue weighted by atomic mass is 16.5. The molecule has 1 heterocycles. The Hall–Kier alpha value is -1.77. The largest absolute Gasteiger partial charge is 0.462 e. The summed E-state index contributed by atoms with van der Waals surface area (Å²) in [4.78, 5) is 11.5. The molecule has 0 bridgehead atoms. The monoisotopic (exact) mass is 203 g/mol. The fourth-order valence-electron chi connectivity index (χ4n) is 1.58. The van der Waals surface area contributed by atoms with Crippen LogP contribution in [-0.4, -0.2) is 12.6 Å². The van der Waals surface area contributed by atoms with Gasteiger partial charge in [0.05, 0.1) is 12.2 Å². The molecular weight excluding hydrogens is 190 g/mol. The van der Waals surface area contributed by atoms with Crippen molar-refractivity contribution in [3.8, 4) is 0 Å². The van der Waals surface area contributed by atoms with Gasteiger partial charge in [-0.15, -0.1) is 0 Å². The number of carbonyl (C=O) groups excluding carboxylic acids is 1. The number of nitrogens with one attached hydrogen (secondary N) is 1. The van der Waals surface area contributed by atoms with Crippen molar-refractivity contribution in [2.45, 2.75) is 13.3 Å². The van der Waals surface area contributed by atoms with Crippen molar-refractivity contribution in [3.05, 3.63) is 41.6 Å². The van der Waals surface area contributed by atoms with Crippen LogP contribution in [0.15, 0.2) is 30.5 Å². The van der Waals surface area contributed by atoms with Gasteiger partial charge in [0.1, 0.15) is 0 Å². The van der Waals surface area contributed by atoms with E-state index in [2.05, 4.69) is 5.32 Å². The third-order valence-corrected chi connectivity index (χ3v) is 2.31. The van der Waals surface area contributed by atoms with Crippen LogP contribution >= 0.6 is 0 Å². The minimum absolute atomic E-state index is 0.255. The van der Waals surface area contributed by atoms with Crippen molar-refractivity contribution in [2.75, 3.05) is 11.9 Å². The number of hydrogen-bond acceptors (Lipinski definition) is 3. The van der Waals surface area contributed by atoms with Crippen LogP contribution in [0.1, 0.15) is 22.8 Å². The number of hydrogen-bond donors (Lipinski definition) is 1. The zero-order valence-corrected chi connectivity index (χ0v) is 8.62. The maximum Gasteiger partial charge on any atom is 0.338 e. The third-order valence-electron chi connectivity index (χ3n) is 2.31. The third kappa shape index (κ3) is 2.01. The first-order valence-electron chi connectivity index (χ1n) is 5.03. The molecule has 1 aromatic rings. The first-order chi connectivity index (χ1) is 7.31. The SMILES string of the molecule is CCOC(=O)c1ccc2c(c1)CC=CN2. The average molecular weight is 203 g/mol. The van der Waals surface area contributed by atoms with Crippen LogP contribution in [-0.2, 0) is 11.2 Å². The molecule has 2 rings (SSSR count). The van der Waals surface area contributed by atoms with Crippen molar-refractivity contribution in [1.82, 2.24) is 0 Å². The summed E-state index contributed by atoms with van der Waals surface area (Å²) in [6, 6.07) is 5.57. The second-order valence-electron chi connectivity index (χ2n) is 3.34. The van der Waals surface area contributed by atoms with Crippen LogP contribution in [0.5, 0.6) is 0 Å². The van der Waals surface area contributed by atoms with E-state index in [4.69, 9.17) is 4.74 Å². The van der Waals surface area contributed by atoms with E-state index in [-0.39, 0.29) is 5.97 Å². The van der Waals surface area contributed by atoms with Gasteiger partial charge in [0.25, 0.3) is 0 Å². The van der Waals surface area contributed by atoms with Gasteiger partial charge in [0.2, 0.25) is 0 Å². The topological polar surface area (TPSA) is 38.3 Å². The van der Waals surface area contributed by atoms with Gasteiger partial charge in [0, 0.05) is 5.69 Å². The lowest BCUT2D eigenvalue weighted by Gasteiger charge is -2.13. The quantitative estimate of drug-likeness (QED) is 0.750. The molecule has 0 aromatic heterocycles. The van der Waals surface area contributed by atoms with Gasteiger partial charge >= 0.3 is 5.97 Å². The molecule has 3 nitrogen and oxygen atoms in total. The van der Waals surface area contributed by atoms with Gasteiger partial charge in [-0.1, -0.05) is 6.08 Å². The molecule has 0 saturated heterocycles. The van der Waals surface area contributed by atoms with Crippen molar-refractivity contribution < 1.29 is 9.53 Å². The molecule has 15 heavy (non-hydrogen) atoms. The van der Waals surface area contributed by atoms with Crippen LogP contribution in [0.3, 0.4) is 0 Å². The maximum absolute atomic E-state index is 11.5. The summed E-state index contributed by atoms with van der Waals surface area (Å²) < 4.78 is 4.94. The molecule has 1 aliphatic heterocycles. The molecule has 0 fully saturated rings. The van der Waals surface area contributed by atoms with Gasteiger partial charge in [-0.3, -0.25) is 0 Å². The normalized spacial score (nSPS) is 12.9. The summed E-state index contributed by atoms with van der Waals surface area (Å²) in [5.74, 6) is -0.255. The Balaban J connectivity index is 2.26. The van der Waals surface area contributed by atoms with Gasteiger partial charge in [-0.2, -0.15) is 0 Å². The van der Waals surface area contributed by atoms with Crippen molar-refractivity contribution >= 4 is 11.7 Å². The highest BCUT2D eigenvalue weighted by molar-refractivity contribution is 5.90. The molecule has 0 unspecified atom stereocenters. The highest BCUT2D eigenvalue weighted by Crippen LogP contribution is 2.21. The second kappa shape index (κ2) is 4.17. The molecule has 0 atom stereocenters. The molecule has 78 valence electrons. The van der Waals surface area contributed by atoms with Gasteiger partial charge in [-0.05, 0) is 43.3 Å². The van der Waals surface area contributed by atoms with E-state index in [1.54, 1.807) is 13.0 Å². The van der Waals surface area contributed by atoms with Crippen LogP contribution in [0.25, 0.3) is 0 Å². The number of esters is 1. The van der Waals surface area contributed by atoms with Crippen molar-refractivity contribution in [2.24, 2.45) is 0 Å². The number of fused-ring (bicyclic) bond motifs is 1. The van der Waals surface area contributed by atoms with E-state index in [9.17, 15) is 4.79 Å². The number of benzene rings is 1. The smallest absolute Gasteiger partial charge is 0.338 e. The Kier molecular flexibility index (Phi) is 2.72. The van der Waals surface area contributed by atoms with E-state index in [0.717, 1.165) is 17.7 Å². The fourth-order valence-corrected chi connectivity index (χ4v) is 1.58. The summed E-state index contributed by atoms with van der Waals surface area (Å²) in [5, 5.41) is 3.13. The highest BCUT2D eigenvalue weighted by Gasteiger charge is 2.10. The summed E-state index contributed by atoms with van der Waals surface area (Å²) in [6.07, 6.45) is 4.79. The molecule has 0 radical (unpaired) electrons. The minimum atomic E-state index is -0.255. The molecule has 0 amide bonds. The number of rotatable bonds is 2. The van der Waals surface area contributed by atoms with E-state index in [0.29, 0.717) is 12.2 Å². The molecule has 0 spiro atoms. The first kappa shape index (κ1) is 9.77. The zero-order chi connectivity index (χ0) is 10.7. The first-order valence-corrected chi connectivity index (χ1v) is 5.03. The van der Waals surface area contributed by atoms with Crippen molar-refractivity contribution in [1.29, 1.82) is 0 Å². The van der Waals surface area contributed by atoms with Crippen LogP contribution in [0, 0.1) is 0 Å². The molecular formula is C12H13NO2. The zero-order valence-electron chi connectivity index (χ0n) is 8.62. The Morgan fingerprint density at radius 1 is 1.53 bits per heavy atom. The molecule has 0 saturated carbocycles. The Bertz CT molecular complexity index is 410. The summed E-state index contributed by atoms with van der Waals surface area (Å²) in [7, 11) is 0. The second-order valence-corrected chi connectivity index (χ2v) is 3.34. The summed E-state index contributed by atoms with van der Waals surface area (Å²) in [5.41, 5.74) is 2.81. The number of carbonyl (C=O) groups is 1. The van der Waals surface area contributed by atoms with Crippen molar-refractivity contribution in [3.63, 3.8) is 0 Å². The molecule has 0 aliphatic carbocycles. The maximum atomic E-state index is 11.5. The molecule has 1 aliphatic rings. The van der Waals surface area contributed by atoms with Crippen LogP contribution < -0.4 is 5.32 Å². The van der Waals surface area contributed by atoms with Gasteiger partial charge in [-0.25, -0.2) is 4.79 Å². The lowest BCUT2D eigenvalue weighted by atomic mass is 10.0. The number of allylic oxidation sites excluding steroid dienone is 1. The van der Waals surface area contributed by atoms with Crippen LogP contribution in [0.4, 0.5) is 5.69 Å². The molecule has 1 N–H and O–H groups in total. The molecule has 3 heteroatoms. The number of anilines is 1. The molecule has 1 aromatic carbocycles.